The van der Waals surface area contributed by atoms with E-state index in [1.807, 2.05) is 25.1 Å². The van der Waals surface area contributed by atoms with Crippen LogP contribution in [0.3, 0.4) is 0 Å². The third kappa shape index (κ3) is 3.01. The lowest BCUT2D eigenvalue weighted by Crippen LogP contribution is -1.90. The largest absolute Gasteiger partial charge is 0.494 e. The summed E-state index contributed by atoms with van der Waals surface area (Å²) in [6.07, 6.45) is 2.84. The van der Waals surface area contributed by atoms with Gasteiger partial charge < -0.3 is 4.74 Å². The standard InChI is InChI=1S/C17H18O/c1-3-5-14-6-8-15(9-7-14)16-10-12-17(13-11-16)18-4-2/h3,6-13H,1,4-5H2,2H3. The first kappa shape index (κ1) is 12.4. The summed E-state index contributed by atoms with van der Waals surface area (Å²) < 4.78 is 5.44. The fourth-order valence-corrected chi connectivity index (χ4v) is 1.91. The SMILES string of the molecule is C=CCc1ccc(-c2ccc(OCC)cc2)cc1. The maximum Gasteiger partial charge on any atom is 0.119 e. The molecule has 0 amide bonds. The summed E-state index contributed by atoms with van der Waals surface area (Å²) >= 11 is 0. The van der Waals surface area contributed by atoms with Crippen molar-refractivity contribution in [3.63, 3.8) is 0 Å². The Kier molecular flexibility index (Phi) is 4.19. The lowest BCUT2D eigenvalue weighted by atomic mass is 10.0. The zero-order valence-electron chi connectivity index (χ0n) is 10.7. The summed E-state index contributed by atoms with van der Waals surface area (Å²) in [4.78, 5) is 0. The Labute approximate surface area is 109 Å². The Hall–Kier alpha value is -2.02. The molecule has 0 bridgehead atoms. The van der Waals surface area contributed by atoms with Crippen LogP contribution in [0.4, 0.5) is 0 Å². The minimum absolute atomic E-state index is 0.704. The molecule has 0 radical (unpaired) electrons. The highest BCUT2D eigenvalue weighted by atomic mass is 16.5. The molecule has 0 aliphatic heterocycles. The number of hydrogen-bond acceptors (Lipinski definition) is 1. The van der Waals surface area contributed by atoms with Gasteiger partial charge in [0, 0.05) is 0 Å². The molecule has 0 aliphatic carbocycles. The summed E-state index contributed by atoms with van der Waals surface area (Å²) in [6, 6.07) is 16.8. The van der Waals surface area contributed by atoms with Crippen LogP contribution in [0.15, 0.2) is 61.2 Å². The summed E-state index contributed by atoms with van der Waals surface area (Å²) in [5.41, 5.74) is 3.73. The molecule has 0 aromatic heterocycles. The van der Waals surface area contributed by atoms with E-state index < -0.39 is 0 Å². The van der Waals surface area contributed by atoms with Crippen molar-refractivity contribution in [2.45, 2.75) is 13.3 Å². The molecular weight excluding hydrogens is 220 g/mol. The molecule has 0 fully saturated rings. The molecule has 92 valence electrons. The molecule has 0 saturated carbocycles. The van der Waals surface area contributed by atoms with Crippen LogP contribution in [-0.2, 0) is 6.42 Å². The van der Waals surface area contributed by atoms with Crippen LogP contribution < -0.4 is 4.74 Å². The molecular formula is C17H18O. The summed E-state index contributed by atoms with van der Waals surface area (Å²) in [5.74, 6) is 0.921. The van der Waals surface area contributed by atoms with Crippen LogP contribution in [0, 0.1) is 0 Å². The lowest BCUT2D eigenvalue weighted by Gasteiger charge is -2.06. The van der Waals surface area contributed by atoms with E-state index in [0.29, 0.717) is 6.61 Å². The van der Waals surface area contributed by atoms with Gasteiger partial charge in [-0.25, -0.2) is 0 Å². The van der Waals surface area contributed by atoms with Crippen molar-refractivity contribution in [3.8, 4) is 16.9 Å². The summed E-state index contributed by atoms with van der Waals surface area (Å²) in [7, 11) is 0. The predicted molar refractivity (Wildman–Crippen MR) is 76.9 cm³/mol. The normalized spacial score (nSPS) is 10.1. The van der Waals surface area contributed by atoms with Gasteiger partial charge >= 0.3 is 0 Å². The fraction of sp³-hybridized carbons (Fsp3) is 0.176. The van der Waals surface area contributed by atoms with Crippen LogP contribution in [0.5, 0.6) is 5.75 Å². The smallest absolute Gasteiger partial charge is 0.119 e. The Morgan fingerprint density at radius 1 is 0.944 bits per heavy atom. The second kappa shape index (κ2) is 6.06. The molecule has 1 heteroatoms. The van der Waals surface area contributed by atoms with Gasteiger partial charge in [0.15, 0.2) is 0 Å². The summed E-state index contributed by atoms with van der Waals surface area (Å²) in [6.45, 7) is 6.45. The van der Waals surface area contributed by atoms with Gasteiger partial charge in [-0.3, -0.25) is 0 Å². The van der Waals surface area contributed by atoms with Crippen LogP contribution in [0.25, 0.3) is 11.1 Å². The second-order valence-corrected chi connectivity index (χ2v) is 4.15. The number of benzene rings is 2. The molecule has 2 rings (SSSR count). The van der Waals surface area contributed by atoms with Crippen molar-refractivity contribution in [1.29, 1.82) is 0 Å². The van der Waals surface area contributed by atoms with Gasteiger partial charge in [0.2, 0.25) is 0 Å². The van der Waals surface area contributed by atoms with E-state index in [-0.39, 0.29) is 0 Å². The predicted octanol–water partition coefficient (Wildman–Crippen LogP) is 4.48. The van der Waals surface area contributed by atoms with Gasteiger partial charge in [0.25, 0.3) is 0 Å². The quantitative estimate of drug-likeness (QED) is 0.698. The minimum atomic E-state index is 0.704. The Balaban J connectivity index is 2.17. The van der Waals surface area contributed by atoms with Crippen LogP contribution in [-0.4, -0.2) is 6.61 Å². The first-order chi connectivity index (χ1) is 8.83. The molecule has 0 heterocycles. The van der Waals surface area contributed by atoms with Crippen LogP contribution in [0.1, 0.15) is 12.5 Å². The van der Waals surface area contributed by atoms with Gasteiger partial charge in [-0.15, -0.1) is 6.58 Å². The number of ether oxygens (including phenoxy) is 1. The van der Waals surface area contributed by atoms with Crippen molar-refractivity contribution in [2.24, 2.45) is 0 Å². The van der Waals surface area contributed by atoms with E-state index >= 15 is 0 Å². The van der Waals surface area contributed by atoms with Gasteiger partial charge in [0.05, 0.1) is 6.61 Å². The van der Waals surface area contributed by atoms with Crippen LogP contribution in [0.2, 0.25) is 0 Å². The molecule has 18 heavy (non-hydrogen) atoms. The maximum absolute atomic E-state index is 5.44. The van der Waals surface area contributed by atoms with E-state index in [1.165, 1.54) is 16.7 Å². The molecule has 0 spiro atoms. The maximum atomic E-state index is 5.44. The third-order valence-electron chi connectivity index (χ3n) is 2.83. The second-order valence-electron chi connectivity index (χ2n) is 4.15. The molecule has 0 unspecified atom stereocenters. The molecule has 0 aliphatic rings. The monoisotopic (exact) mass is 238 g/mol. The van der Waals surface area contributed by atoms with Crippen molar-refractivity contribution in [3.05, 3.63) is 66.7 Å². The van der Waals surface area contributed by atoms with Crippen molar-refractivity contribution >= 4 is 0 Å². The van der Waals surface area contributed by atoms with Gasteiger partial charge in [0.1, 0.15) is 5.75 Å². The van der Waals surface area contributed by atoms with Crippen molar-refractivity contribution < 1.29 is 4.74 Å². The Bertz CT molecular complexity index is 494. The fourth-order valence-electron chi connectivity index (χ4n) is 1.91. The number of rotatable bonds is 5. The minimum Gasteiger partial charge on any atom is -0.494 e. The third-order valence-corrected chi connectivity index (χ3v) is 2.83. The molecule has 0 N–H and O–H groups in total. The van der Waals surface area contributed by atoms with Gasteiger partial charge in [-0.05, 0) is 42.2 Å². The molecule has 0 atom stereocenters. The van der Waals surface area contributed by atoms with Crippen LogP contribution >= 0.6 is 0 Å². The van der Waals surface area contributed by atoms with E-state index in [9.17, 15) is 0 Å². The first-order valence-corrected chi connectivity index (χ1v) is 6.26. The van der Waals surface area contributed by atoms with E-state index in [1.54, 1.807) is 0 Å². The van der Waals surface area contributed by atoms with E-state index in [0.717, 1.165) is 12.2 Å². The summed E-state index contributed by atoms with van der Waals surface area (Å²) in [5, 5.41) is 0. The zero-order valence-corrected chi connectivity index (χ0v) is 10.7. The first-order valence-electron chi connectivity index (χ1n) is 6.26. The highest BCUT2D eigenvalue weighted by Gasteiger charge is 1.98. The highest BCUT2D eigenvalue weighted by molar-refractivity contribution is 5.64. The van der Waals surface area contributed by atoms with Crippen molar-refractivity contribution in [1.82, 2.24) is 0 Å². The number of allylic oxidation sites excluding steroid dienone is 1. The number of hydrogen-bond donors (Lipinski definition) is 0. The van der Waals surface area contributed by atoms with E-state index in [2.05, 4.69) is 43.0 Å². The Morgan fingerprint density at radius 2 is 1.50 bits per heavy atom. The Morgan fingerprint density at radius 3 is 2.00 bits per heavy atom. The molecule has 2 aromatic rings. The highest BCUT2D eigenvalue weighted by Crippen LogP contribution is 2.23. The van der Waals surface area contributed by atoms with Gasteiger partial charge in [-0.2, -0.15) is 0 Å². The molecule has 0 saturated heterocycles. The topological polar surface area (TPSA) is 9.23 Å². The average Bonchev–Trinajstić information content (AvgIpc) is 2.41. The lowest BCUT2D eigenvalue weighted by molar-refractivity contribution is 0.340. The van der Waals surface area contributed by atoms with Crippen molar-refractivity contribution in [2.75, 3.05) is 6.61 Å². The van der Waals surface area contributed by atoms with E-state index in [4.69, 9.17) is 4.74 Å². The average molecular weight is 238 g/mol. The zero-order chi connectivity index (χ0) is 12.8. The molecule has 2 aromatic carbocycles. The molecule has 1 nitrogen and oxygen atoms in total. The van der Waals surface area contributed by atoms with Gasteiger partial charge in [-0.1, -0.05) is 42.5 Å².